The minimum Gasteiger partial charge on any atom is -0.398 e. The van der Waals surface area contributed by atoms with Crippen LogP contribution in [0.2, 0.25) is 0 Å². The summed E-state index contributed by atoms with van der Waals surface area (Å²) in [6.07, 6.45) is 1.68. The van der Waals surface area contributed by atoms with Gasteiger partial charge in [0.1, 0.15) is 0 Å². The molecular weight excluding hydrogens is 220 g/mol. The van der Waals surface area contributed by atoms with Crippen molar-refractivity contribution in [3.05, 3.63) is 51.8 Å². The van der Waals surface area contributed by atoms with Crippen LogP contribution in [0.1, 0.15) is 11.3 Å². The minimum absolute atomic E-state index is 0.0407. The zero-order valence-electron chi connectivity index (χ0n) is 9.33. The summed E-state index contributed by atoms with van der Waals surface area (Å²) in [5.74, 6) is 0. The summed E-state index contributed by atoms with van der Waals surface area (Å²) >= 11 is 0. The van der Waals surface area contributed by atoms with E-state index in [0.29, 0.717) is 17.8 Å². The molecule has 0 spiro atoms. The van der Waals surface area contributed by atoms with E-state index in [1.807, 2.05) is 13.0 Å². The maximum atomic E-state index is 10.7. The van der Waals surface area contributed by atoms with Crippen molar-refractivity contribution >= 4 is 11.4 Å². The molecule has 0 amide bonds. The van der Waals surface area contributed by atoms with Gasteiger partial charge in [-0.2, -0.15) is 5.10 Å². The van der Waals surface area contributed by atoms with Crippen LogP contribution in [0, 0.1) is 17.0 Å². The van der Waals surface area contributed by atoms with Gasteiger partial charge in [-0.15, -0.1) is 0 Å². The van der Waals surface area contributed by atoms with Gasteiger partial charge in [0.25, 0.3) is 5.69 Å². The second-order valence-electron chi connectivity index (χ2n) is 3.77. The van der Waals surface area contributed by atoms with Crippen molar-refractivity contribution in [2.75, 3.05) is 5.73 Å². The first kappa shape index (κ1) is 11.1. The Morgan fingerprint density at radius 1 is 1.47 bits per heavy atom. The third kappa shape index (κ3) is 2.25. The van der Waals surface area contributed by atoms with E-state index in [-0.39, 0.29) is 5.69 Å². The summed E-state index contributed by atoms with van der Waals surface area (Å²) in [5.41, 5.74) is 8.05. The Morgan fingerprint density at radius 2 is 2.24 bits per heavy atom. The molecular formula is C11H12N4O2. The van der Waals surface area contributed by atoms with Gasteiger partial charge in [0.2, 0.25) is 0 Å². The molecule has 2 N–H and O–H groups in total. The smallest absolute Gasteiger partial charge is 0.269 e. The van der Waals surface area contributed by atoms with Crippen molar-refractivity contribution in [1.29, 1.82) is 0 Å². The van der Waals surface area contributed by atoms with Crippen LogP contribution in [0.4, 0.5) is 11.4 Å². The lowest BCUT2D eigenvalue weighted by molar-refractivity contribution is -0.384. The quantitative estimate of drug-likeness (QED) is 0.496. The first-order chi connectivity index (χ1) is 8.08. The molecule has 0 aliphatic rings. The van der Waals surface area contributed by atoms with Crippen LogP contribution in [-0.2, 0) is 6.54 Å². The predicted octanol–water partition coefficient (Wildman–Crippen LogP) is 1.73. The number of aromatic nitrogens is 2. The van der Waals surface area contributed by atoms with Crippen LogP contribution in [0.3, 0.4) is 0 Å². The summed E-state index contributed by atoms with van der Waals surface area (Å²) in [4.78, 5) is 10.2. The van der Waals surface area contributed by atoms with Crippen LogP contribution >= 0.6 is 0 Å². The Kier molecular flexibility index (Phi) is 2.78. The first-order valence-electron chi connectivity index (χ1n) is 5.09. The first-order valence-corrected chi connectivity index (χ1v) is 5.09. The van der Waals surface area contributed by atoms with E-state index >= 15 is 0 Å². The predicted molar refractivity (Wildman–Crippen MR) is 63.6 cm³/mol. The zero-order valence-corrected chi connectivity index (χ0v) is 9.33. The summed E-state index contributed by atoms with van der Waals surface area (Å²) in [6, 6.07) is 6.30. The fourth-order valence-electron chi connectivity index (χ4n) is 1.57. The highest BCUT2D eigenvalue weighted by Gasteiger charge is 2.10. The molecule has 0 saturated heterocycles. The van der Waals surface area contributed by atoms with Gasteiger partial charge in [-0.3, -0.25) is 14.8 Å². The molecule has 0 unspecified atom stereocenters. The molecule has 1 heterocycles. The van der Waals surface area contributed by atoms with Gasteiger partial charge >= 0.3 is 0 Å². The number of anilines is 1. The standard InChI is InChI=1S/C11H12N4O2/c1-8-4-5-13-14(8)7-9-6-10(15(16)17)2-3-11(9)12/h2-6H,7,12H2,1H3. The van der Waals surface area contributed by atoms with Crippen molar-refractivity contribution in [3.63, 3.8) is 0 Å². The van der Waals surface area contributed by atoms with E-state index < -0.39 is 4.92 Å². The molecule has 0 fully saturated rings. The number of nitrogens with two attached hydrogens (primary N) is 1. The Hall–Kier alpha value is -2.37. The number of nitro benzene ring substituents is 1. The maximum Gasteiger partial charge on any atom is 0.269 e. The van der Waals surface area contributed by atoms with Crippen molar-refractivity contribution in [3.8, 4) is 0 Å². The topological polar surface area (TPSA) is 87.0 Å². The number of non-ortho nitro benzene ring substituents is 1. The van der Waals surface area contributed by atoms with Gasteiger partial charge in [0.05, 0.1) is 11.5 Å². The molecule has 0 atom stereocenters. The van der Waals surface area contributed by atoms with Crippen molar-refractivity contribution in [2.24, 2.45) is 0 Å². The molecule has 2 rings (SSSR count). The lowest BCUT2D eigenvalue weighted by Crippen LogP contribution is -2.06. The van der Waals surface area contributed by atoms with Crippen LogP contribution in [0.5, 0.6) is 0 Å². The summed E-state index contributed by atoms with van der Waals surface area (Å²) in [5, 5.41) is 14.8. The second-order valence-corrected chi connectivity index (χ2v) is 3.77. The minimum atomic E-state index is -0.432. The number of aryl methyl sites for hydroxylation is 1. The van der Waals surface area contributed by atoms with Gasteiger partial charge in [0, 0.05) is 35.3 Å². The maximum absolute atomic E-state index is 10.7. The number of nitro groups is 1. The van der Waals surface area contributed by atoms with Crippen molar-refractivity contribution in [1.82, 2.24) is 9.78 Å². The Balaban J connectivity index is 2.35. The Morgan fingerprint density at radius 3 is 2.82 bits per heavy atom. The van der Waals surface area contributed by atoms with Gasteiger partial charge in [-0.25, -0.2) is 0 Å². The van der Waals surface area contributed by atoms with Crippen LogP contribution in [0.25, 0.3) is 0 Å². The SMILES string of the molecule is Cc1ccnn1Cc1cc([N+](=O)[O-])ccc1N. The molecule has 0 saturated carbocycles. The van der Waals surface area contributed by atoms with E-state index in [0.717, 1.165) is 5.69 Å². The molecule has 17 heavy (non-hydrogen) atoms. The number of hydrogen-bond acceptors (Lipinski definition) is 4. The van der Waals surface area contributed by atoms with Crippen molar-refractivity contribution < 1.29 is 4.92 Å². The van der Waals surface area contributed by atoms with Crippen LogP contribution in [0.15, 0.2) is 30.5 Å². The number of benzene rings is 1. The number of hydrogen-bond donors (Lipinski definition) is 1. The van der Waals surface area contributed by atoms with E-state index in [9.17, 15) is 10.1 Å². The molecule has 6 nitrogen and oxygen atoms in total. The monoisotopic (exact) mass is 232 g/mol. The van der Waals surface area contributed by atoms with Gasteiger partial charge in [-0.1, -0.05) is 0 Å². The highest BCUT2D eigenvalue weighted by molar-refractivity contribution is 5.52. The second kappa shape index (κ2) is 4.25. The van der Waals surface area contributed by atoms with Crippen LogP contribution in [-0.4, -0.2) is 14.7 Å². The van der Waals surface area contributed by atoms with E-state index in [1.54, 1.807) is 16.9 Å². The van der Waals surface area contributed by atoms with Crippen LogP contribution < -0.4 is 5.73 Å². The Labute approximate surface area is 97.8 Å². The molecule has 2 aromatic rings. The van der Waals surface area contributed by atoms with Gasteiger partial charge in [0.15, 0.2) is 0 Å². The normalized spacial score (nSPS) is 10.4. The average molecular weight is 232 g/mol. The van der Waals surface area contributed by atoms with Crippen molar-refractivity contribution in [2.45, 2.75) is 13.5 Å². The zero-order chi connectivity index (χ0) is 12.4. The van der Waals surface area contributed by atoms with Gasteiger partial charge in [-0.05, 0) is 19.1 Å². The molecule has 0 bridgehead atoms. The summed E-state index contributed by atoms with van der Waals surface area (Å²) in [6.45, 7) is 2.35. The highest BCUT2D eigenvalue weighted by Crippen LogP contribution is 2.20. The third-order valence-electron chi connectivity index (χ3n) is 2.59. The molecule has 0 radical (unpaired) electrons. The fourth-order valence-corrected chi connectivity index (χ4v) is 1.57. The molecule has 88 valence electrons. The summed E-state index contributed by atoms with van der Waals surface area (Å²) < 4.78 is 1.75. The Bertz CT molecular complexity index is 562. The van der Waals surface area contributed by atoms with E-state index in [4.69, 9.17) is 5.73 Å². The lowest BCUT2D eigenvalue weighted by Gasteiger charge is -2.07. The highest BCUT2D eigenvalue weighted by atomic mass is 16.6. The number of rotatable bonds is 3. The fraction of sp³-hybridized carbons (Fsp3) is 0.182. The molecule has 1 aromatic carbocycles. The number of nitrogens with zero attached hydrogens (tertiary/aromatic N) is 3. The number of nitrogen functional groups attached to an aromatic ring is 1. The van der Waals surface area contributed by atoms with Gasteiger partial charge < -0.3 is 5.73 Å². The lowest BCUT2D eigenvalue weighted by atomic mass is 10.1. The summed E-state index contributed by atoms with van der Waals surface area (Å²) in [7, 11) is 0. The average Bonchev–Trinajstić information content (AvgIpc) is 2.67. The molecule has 6 heteroatoms. The van der Waals surface area contributed by atoms with E-state index in [1.165, 1.54) is 12.1 Å². The molecule has 1 aromatic heterocycles. The largest absolute Gasteiger partial charge is 0.398 e. The van der Waals surface area contributed by atoms with E-state index in [2.05, 4.69) is 5.10 Å². The third-order valence-corrected chi connectivity index (χ3v) is 2.59. The molecule has 0 aliphatic carbocycles. The molecule has 0 aliphatic heterocycles.